The Morgan fingerprint density at radius 1 is 0.950 bits per heavy atom. The van der Waals surface area contributed by atoms with Gasteiger partial charge >= 0.3 is 5.97 Å². The molecule has 0 atom stereocenters. The number of aliphatic hydroxyl groups is 1. The van der Waals surface area contributed by atoms with E-state index in [0.717, 1.165) is 45.2 Å². The molecule has 0 bridgehead atoms. The summed E-state index contributed by atoms with van der Waals surface area (Å²) in [5.74, 6) is -0.00153. The lowest BCUT2D eigenvalue weighted by Gasteiger charge is -2.18. The topological polar surface area (TPSA) is 66.8 Å². The molecule has 0 aromatic rings. The lowest BCUT2D eigenvalue weighted by atomic mass is 10.1. The Kier molecular flexibility index (Phi) is 12.2. The van der Waals surface area contributed by atoms with Crippen molar-refractivity contribution in [3.63, 3.8) is 0 Å². The average Bonchev–Trinajstić information content (AvgIpc) is 2.45. The number of unbranched alkanes of at least 4 members (excludes halogenated alkanes) is 4. The van der Waals surface area contributed by atoms with Crippen molar-refractivity contribution >= 4 is 11.9 Å². The molecular formula is C15H29NO4. The van der Waals surface area contributed by atoms with Gasteiger partial charge in [-0.1, -0.05) is 19.3 Å². The number of nitrogens with zero attached hydrogens (tertiary/aromatic N) is 1. The van der Waals surface area contributed by atoms with Crippen molar-refractivity contribution in [2.45, 2.75) is 58.8 Å². The highest BCUT2D eigenvalue weighted by Crippen LogP contribution is 2.09. The molecule has 0 heterocycles. The molecule has 0 saturated heterocycles. The van der Waals surface area contributed by atoms with E-state index in [1.165, 1.54) is 0 Å². The number of carbonyl (C=O) groups is 2. The van der Waals surface area contributed by atoms with E-state index in [4.69, 9.17) is 9.84 Å². The number of aliphatic hydroxyl groups excluding tert-OH is 1. The molecule has 5 nitrogen and oxygen atoms in total. The van der Waals surface area contributed by atoms with Crippen LogP contribution in [0.2, 0.25) is 0 Å². The number of ether oxygens (including phenoxy) is 1. The summed E-state index contributed by atoms with van der Waals surface area (Å²) >= 11 is 0. The lowest BCUT2D eigenvalue weighted by molar-refractivity contribution is -0.144. The Hall–Kier alpha value is -1.10. The monoisotopic (exact) mass is 287 g/mol. The van der Waals surface area contributed by atoms with Crippen LogP contribution in [0.15, 0.2) is 0 Å². The van der Waals surface area contributed by atoms with Gasteiger partial charge in [-0.05, 0) is 26.7 Å². The first-order chi connectivity index (χ1) is 9.65. The van der Waals surface area contributed by atoms with Gasteiger partial charge in [-0.3, -0.25) is 9.59 Å². The predicted molar refractivity (Wildman–Crippen MR) is 78.3 cm³/mol. The zero-order valence-corrected chi connectivity index (χ0v) is 12.9. The summed E-state index contributed by atoms with van der Waals surface area (Å²) in [7, 11) is 0. The second-order valence-electron chi connectivity index (χ2n) is 4.78. The number of rotatable bonds is 12. The number of esters is 1. The van der Waals surface area contributed by atoms with E-state index < -0.39 is 0 Å². The minimum absolute atomic E-state index is 0.0896. The van der Waals surface area contributed by atoms with Crippen LogP contribution in [0.5, 0.6) is 0 Å². The van der Waals surface area contributed by atoms with Gasteiger partial charge in [-0.25, -0.2) is 0 Å². The zero-order valence-electron chi connectivity index (χ0n) is 12.9. The van der Waals surface area contributed by atoms with Crippen LogP contribution in [-0.2, 0) is 14.3 Å². The molecule has 5 heteroatoms. The van der Waals surface area contributed by atoms with Crippen LogP contribution in [0.1, 0.15) is 58.8 Å². The fourth-order valence-electron chi connectivity index (χ4n) is 2.04. The molecule has 0 fully saturated rings. The highest BCUT2D eigenvalue weighted by molar-refractivity contribution is 5.76. The van der Waals surface area contributed by atoms with Crippen molar-refractivity contribution in [3.8, 4) is 0 Å². The van der Waals surface area contributed by atoms with Gasteiger partial charge in [0.25, 0.3) is 0 Å². The summed E-state index contributed by atoms with van der Waals surface area (Å²) in [6.45, 7) is 5.53. The molecule has 0 aromatic heterocycles. The molecule has 0 spiro atoms. The first-order valence-corrected chi connectivity index (χ1v) is 7.69. The molecule has 1 N–H and O–H groups in total. The van der Waals surface area contributed by atoms with Gasteiger partial charge < -0.3 is 14.7 Å². The summed E-state index contributed by atoms with van der Waals surface area (Å²) in [5.41, 5.74) is 0. The van der Waals surface area contributed by atoms with Gasteiger partial charge in [0.05, 0.1) is 6.61 Å². The van der Waals surface area contributed by atoms with Crippen LogP contribution < -0.4 is 0 Å². The molecule has 1 amide bonds. The molecule has 0 aliphatic carbocycles. The highest BCUT2D eigenvalue weighted by Gasteiger charge is 2.08. The highest BCUT2D eigenvalue weighted by atomic mass is 16.5. The van der Waals surface area contributed by atoms with Crippen LogP contribution in [0.25, 0.3) is 0 Å². The quantitative estimate of drug-likeness (QED) is 0.441. The second kappa shape index (κ2) is 12.9. The molecule has 0 saturated carbocycles. The van der Waals surface area contributed by atoms with Crippen molar-refractivity contribution in [3.05, 3.63) is 0 Å². The van der Waals surface area contributed by atoms with Crippen molar-refractivity contribution in [1.29, 1.82) is 0 Å². The molecule has 0 aliphatic rings. The maximum atomic E-state index is 11.7. The van der Waals surface area contributed by atoms with Gasteiger partial charge in [0.15, 0.2) is 0 Å². The van der Waals surface area contributed by atoms with Gasteiger partial charge in [-0.2, -0.15) is 0 Å². The normalized spacial score (nSPS) is 10.3. The van der Waals surface area contributed by atoms with Gasteiger partial charge in [0.1, 0.15) is 6.61 Å². The van der Waals surface area contributed by atoms with Crippen LogP contribution in [-0.4, -0.2) is 48.2 Å². The number of carbonyl (C=O) groups excluding carboxylic acids is 2. The second-order valence-corrected chi connectivity index (χ2v) is 4.78. The molecule has 118 valence electrons. The molecule has 0 rings (SSSR count). The third-order valence-corrected chi connectivity index (χ3v) is 3.24. The third kappa shape index (κ3) is 9.78. The Bertz CT molecular complexity index is 265. The van der Waals surface area contributed by atoms with Crippen LogP contribution in [0.4, 0.5) is 0 Å². The molecular weight excluding hydrogens is 258 g/mol. The fourth-order valence-corrected chi connectivity index (χ4v) is 2.04. The number of amides is 1. The largest absolute Gasteiger partial charge is 0.463 e. The van der Waals surface area contributed by atoms with Gasteiger partial charge in [0.2, 0.25) is 5.91 Å². The molecule has 0 aromatic carbocycles. The molecule has 20 heavy (non-hydrogen) atoms. The molecule has 0 unspecified atom stereocenters. The van der Waals surface area contributed by atoms with E-state index >= 15 is 0 Å². The Morgan fingerprint density at radius 3 is 2.05 bits per heavy atom. The van der Waals surface area contributed by atoms with Crippen molar-refractivity contribution < 1.29 is 19.4 Å². The summed E-state index contributed by atoms with van der Waals surface area (Å²) < 4.78 is 4.76. The van der Waals surface area contributed by atoms with E-state index in [2.05, 4.69) is 0 Å². The van der Waals surface area contributed by atoms with Crippen molar-refractivity contribution in [2.75, 3.05) is 26.3 Å². The fraction of sp³-hybridized carbons (Fsp3) is 0.867. The Labute approximate surface area is 122 Å². The van der Waals surface area contributed by atoms with Gasteiger partial charge in [-0.15, -0.1) is 0 Å². The molecule has 0 radical (unpaired) electrons. The summed E-state index contributed by atoms with van der Waals surface area (Å²) in [6, 6.07) is 0. The minimum Gasteiger partial charge on any atom is -0.463 e. The third-order valence-electron chi connectivity index (χ3n) is 3.24. The first kappa shape index (κ1) is 18.9. The van der Waals surface area contributed by atoms with E-state index in [0.29, 0.717) is 12.8 Å². The summed E-state index contributed by atoms with van der Waals surface area (Å²) in [6.07, 6.45) is 5.82. The van der Waals surface area contributed by atoms with Crippen molar-refractivity contribution in [1.82, 2.24) is 4.90 Å². The van der Waals surface area contributed by atoms with E-state index in [9.17, 15) is 9.59 Å². The minimum atomic E-state index is -0.240. The summed E-state index contributed by atoms with van der Waals surface area (Å²) in [4.78, 5) is 24.7. The predicted octanol–water partition coefficient (Wildman–Crippen LogP) is 2.12. The van der Waals surface area contributed by atoms with Crippen LogP contribution >= 0.6 is 0 Å². The first-order valence-electron chi connectivity index (χ1n) is 7.69. The summed E-state index contributed by atoms with van der Waals surface area (Å²) in [5, 5.41) is 8.50. The van der Waals surface area contributed by atoms with Gasteiger partial charge in [0, 0.05) is 25.9 Å². The molecule has 0 aliphatic heterocycles. The number of hydrogen-bond donors (Lipinski definition) is 1. The number of hydrogen-bond acceptors (Lipinski definition) is 4. The van der Waals surface area contributed by atoms with E-state index in [1.807, 2.05) is 18.7 Å². The zero-order chi connectivity index (χ0) is 15.2. The smallest absolute Gasteiger partial charge is 0.305 e. The maximum Gasteiger partial charge on any atom is 0.305 e. The Balaban J connectivity index is 3.40. The van der Waals surface area contributed by atoms with Crippen LogP contribution in [0, 0.1) is 0 Å². The SMILES string of the molecule is CCN(CC)C(=O)CCCCCCCC(=O)OCCO. The lowest BCUT2D eigenvalue weighted by Crippen LogP contribution is -2.30. The van der Waals surface area contributed by atoms with E-state index in [1.54, 1.807) is 0 Å². The standard InChI is InChI=1S/C15H29NO4/c1-3-16(4-2)14(18)10-8-6-5-7-9-11-15(19)20-13-12-17/h17H,3-13H2,1-2H3. The Morgan fingerprint density at radius 2 is 1.50 bits per heavy atom. The average molecular weight is 287 g/mol. The van der Waals surface area contributed by atoms with Crippen molar-refractivity contribution in [2.24, 2.45) is 0 Å². The maximum absolute atomic E-state index is 11.7. The van der Waals surface area contributed by atoms with Crippen LogP contribution in [0.3, 0.4) is 0 Å². The van der Waals surface area contributed by atoms with E-state index in [-0.39, 0.29) is 25.1 Å².